The molecule has 160 valence electrons. The molecule has 4 aromatic rings. The number of aromatic amines is 1. The molecule has 1 aromatic heterocycles. The number of halogens is 2. The van der Waals surface area contributed by atoms with Crippen LogP contribution < -0.4 is 14.8 Å². The number of H-pyrrole nitrogens is 1. The molecule has 7 heteroatoms. The highest BCUT2D eigenvalue weighted by Gasteiger charge is 2.11. The molecule has 0 saturated carbocycles. The van der Waals surface area contributed by atoms with Crippen LogP contribution in [0.25, 0.3) is 11.0 Å². The SMILES string of the molecule is COc1cc(CNCCc2nc3ccccc3[nH]2)c(Br)cc1OCc1ccc(F)cc1. The van der Waals surface area contributed by atoms with Crippen LogP contribution in [0.1, 0.15) is 17.0 Å². The number of nitrogens with one attached hydrogen (secondary N) is 2. The molecule has 0 aliphatic carbocycles. The number of rotatable bonds is 9. The van der Waals surface area contributed by atoms with Crippen molar-refractivity contribution < 1.29 is 13.9 Å². The Hall–Kier alpha value is -2.90. The maximum atomic E-state index is 13.1. The van der Waals surface area contributed by atoms with Gasteiger partial charge in [-0.05, 0) is 47.5 Å². The summed E-state index contributed by atoms with van der Waals surface area (Å²) < 4.78 is 25.4. The van der Waals surface area contributed by atoms with Crippen LogP contribution >= 0.6 is 15.9 Å². The highest BCUT2D eigenvalue weighted by Crippen LogP contribution is 2.34. The summed E-state index contributed by atoms with van der Waals surface area (Å²) in [6.45, 7) is 1.80. The van der Waals surface area contributed by atoms with Crippen molar-refractivity contribution in [2.24, 2.45) is 0 Å². The minimum atomic E-state index is -0.263. The van der Waals surface area contributed by atoms with Crippen LogP contribution in [0.2, 0.25) is 0 Å². The molecular formula is C24H23BrFN3O2. The minimum absolute atomic E-state index is 0.263. The van der Waals surface area contributed by atoms with Crippen LogP contribution in [-0.4, -0.2) is 23.6 Å². The number of ether oxygens (including phenoxy) is 2. The summed E-state index contributed by atoms with van der Waals surface area (Å²) in [6, 6.07) is 18.1. The lowest BCUT2D eigenvalue weighted by atomic mass is 10.2. The van der Waals surface area contributed by atoms with Gasteiger partial charge in [-0.15, -0.1) is 0 Å². The quantitative estimate of drug-likeness (QED) is 0.313. The van der Waals surface area contributed by atoms with E-state index < -0.39 is 0 Å². The zero-order chi connectivity index (χ0) is 21.6. The van der Waals surface area contributed by atoms with Gasteiger partial charge < -0.3 is 19.8 Å². The first-order chi connectivity index (χ1) is 15.1. The van der Waals surface area contributed by atoms with Crippen LogP contribution in [0.5, 0.6) is 11.5 Å². The third kappa shape index (κ3) is 5.42. The Morgan fingerprint density at radius 3 is 2.65 bits per heavy atom. The highest BCUT2D eigenvalue weighted by molar-refractivity contribution is 9.10. The van der Waals surface area contributed by atoms with Crippen molar-refractivity contribution in [3.8, 4) is 11.5 Å². The van der Waals surface area contributed by atoms with Gasteiger partial charge in [-0.3, -0.25) is 0 Å². The fraction of sp³-hybridized carbons (Fsp3) is 0.208. The van der Waals surface area contributed by atoms with E-state index in [0.29, 0.717) is 24.7 Å². The summed E-state index contributed by atoms with van der Waals surface area (Å²) in [5, 5.41) is 3.45. The highest BCUT2D eigenvalue weighted by atomic mass is 79.9. The van der Waals surface area contributed by atoms with Crippen molar-refractivity contribution >= 4 is 27.0 Å². The lowest BCUT2D eigenvalue weighted by molar-refractivity contribution is 0.284. The fourth-order valence-electron chi connectivity index (χ4n) is 3.28. The number of nitrogens with zero attached hydrogens (tertiary/aromatic N) is 1. The van der Waals surface area contributed by atoms with E-state index in [-0.39, 0.29) is 5.82 Å². The van der Waals surface area contributed by atoms with Gasteiger partial charge in [0.05, 0.1) is 18.1 Å². The molecule has 5 nitrogen and oxygen atoms in total. The van der Waals surface area contributed by atoms with Gasteiger partial charge in [0, 0.05) is 24.0 Å². The largest absolute Gasteiger partial charge is 0.493 e. The third-order valence-electron chi connectivity index (χ3n) is 4.93. The van der Waals surface area contributed by atoms with Crippen molar-refractivity contribution in [3.63, 3.8) is 0 Å². The first-order valence-corrected chi connectivity index (χ1v) is 10.8. The van der Waals surface area contributed by atoms with E-state index in [9.17, 15) is 4.39 Å². The predicted octanol–water partition coefficient (Wildman–Crippen LogP) is 5.38. The maximum Gasteiger partial charge on any atom is 0.162 e. The predicted molar refractivity (Wildman–Crippen MR) is 123 cm³/mol. The van der Waals surface area contributed by atoms with Gasteiger partial charge in [0.2, 0.25) is 0 Å². The molecule has 0 unspecified atom stereocenters. The Labute approximate surface area is 188 Å². The zero-order valence-electron chi connectivity index (χ0n) is 17.1. The molecule has 31 heavy (non-hydrogen) atoms. The second-order valence-electron chi connectivity index (χ2n) is 7.14. The van der Waals surface area contributed by atoms with E-state index in [0.717, 1.165) is 45.4 Å². The van der Waals surface area contributed by atoms with Gasteiger partial charge in [-0.2, -0.15) is 0 Å². The molecule has 4 rings (SSSR count). The Balaban J connectivity index is 1.34. The Morgan fingerprint density at radius 1 is 1.06 bits per heavy atom. The van der Waals surface area contributed by atoms with Crippen LogP contribution in [0.4, 0.5) is 4.39 Å². The molecule has 0 saturated heterocycles. The second-order valence-corrected chi connectivity index (χ2v) is 7.99. The number of para-hydroxylation sites is 2. The van der Waals surface area contributed by atoms with E-state index >= 15 is 0 Å². The van der Waals surface area contributed by atoms with E-state index in [1.54, 1.807) is 19.2 Å². The van der Waals surface area contributed by atoms with Crippen LogP contribution in [0.3, 0.4) is 0 Å². The molecule has 0 radical (unpaired) electrons. The Morgan fingerprint density at radius 2 is 1.87 bits per heavy atom. The van der Waals surface area contributed by atoms with Crippen molar-refractivity contribution in [1.29, 1.82) is 0 Å². The van der Waals surface area contributed by atoms with E-state index in [1.165, 1.54) is 12.1 Å². The standard InChI is InChI=1S/C24H23BrFN3O2/c1-30-22-12-17(14-27-11-10-24-28-20-4-2-3-5-21(20)29-24)19(25)13-23(22)31-15-16-6-8-18(26)9-7-16/h2-9,12-13,27H,10-11,14-15H2,1H3,(H,28,29). The number of hydrogen-bond acceptors (Lipinski definition) is 4. The number of benzene rings is 3. The monoisotopic (exact) mass is 483 g/mol. The van der Waals surface area contributed by atoms with Gasteiger partial charge in [-0.25, -0.2) is 9.37 Å². The maximum absolute atomic E-state index is 13.1. The smallest absolute Gasteiger partial charge is 0.162 e. The van der Waals surface area contributed by atoms with Crippen molar-refractivity contribution in [1.82, 2.24) is 15.3 Å². The minimum Gasteiger partial charge on any atom is -0.493 e. The summed E-state index contributed by atoms with van der Waals surface area (Å²) in [6.07, 6.45) is 0.808. The normalized spacial score (nSPS) is 11.1. The first kappa shape index (κ1) is 21.3. The molecule has 1 heterocycles. The van der Waals surface area contributed by atoms with E-state index in [1.807, 2.05) is 36.4 Å². The molecule has 3 aromatic carbocycles. The molecule has 0 amide bonds. The average Bonchev–Trinajstić information content (AvgIpc) is 3.20. The molecule has 0 fully saturated rings. The summed E-state index contributed by atoms with van der Waals surface area (Å²) >= 11 is 3.62. The Bertz CT molecular complexity index is 1130. The molecule has 0 aliphatic rings. The second kappa shape index (κ2) is 9.94. The third-order valence-corrected chi connectivity index (χ3v) is 5.67. The van der Waals surface area contributed by atoms with E-state index in [2.05, 4.69) is 31.2 Å². The van der Waals surface area contributed by atoms with Crippen molar-refractivity contribution in [2.75, 3.05) is 13.7 Å². The zero-order valence-corrected chi connectivity index (χ0v) is 18.7. The molecule has 0 spiro atoms. The van der Waals surface area contributed by atoms with Gasteiger partial charge >= 0.3 is 0 Å². The molecule has 0 atom stereocenters. The molecular weight excluding hydrogens is 461 g/mol. The lowest BCUT2D eigenvalue weighted by Gasteiger charge is -2.14. The molecule has 0 aliphatic heterocycles. The molecule has 2 N–H and O–H groups in total. The number of fused-ring (bicyclic) bond motifs is 1. The first-order valence-electron chi connectivity index (χ1n) is 10.0. The number of aromatic nitrogens is 2. The number of methoxy groups -OCH3 is 1. The number of imidazole rings is 1. The average molecular weight is 484 g/mol. The van der Waals surface area contributed by atoms with Crippen LogP contribution in [-0.2, 0) is 19.6 Å². The van der Waals surface area contributed by atoms with Gasteiger partial charge in [0.1, 0.15) is 18.2 Å². The summed E-state index contributed by atoms with van der Waals surface area (Å²) in [4.78, 5) is 7.95. The van der Waals surface area contributed by atoms with Gasteiger partial charge in [-0.1, -0.05) is 40.2 Å². The van der Waals surface area contributed by atoms with Gasteiger partial charge in [0.15, 0.2) is 11.5 Å². The molecule has 0 bridgehead atoms. The summed E-state index contributed by atoms with van der Waals surface area (Å²) in [7, 11) is 1.62. The Kier molecular flexibility index (Phi) is 6.84. The lowest BCUT2D eigenvalue weighted by Crippen LogP contribution is -2.17. The summed E-state index contributed by atoms with van der Waals surface area (Å²) in [5.41, 5.74) is 3.99. The summed E-state index contributed by atoms with van der Waals surface area (Å²) in [5.74, 6) is 1.99. The topological polar surface area (TPSA) is 59.2 Å². The van der Waals surface area contributed by atoms with E-state index in [4.69, 9.17) is 9.47 Å². The van der Waals surface area contributed by atoms with Crippen molar-refractivity contribution in [2.45, 2.75) is 19.6 Å². The number of hydrogen-bond donors (Lipinski definition) is 2. The van der Waals surface area contributed by atoms with Crippen molar-refractivity contribution in [3.05, 3.63) is 87.9 Å². The van der Waals surface area contributed by atoms with Crippen LogP contribution in [0, 0.1) is 5.82 Å². The van der Waals surface area contributed by atoms with Crippen LogP contribution in [0.15, 0.2) is 65.1 Å². The van der Waals surface area contributed by atoms with Gasteiger partial charge in [0.25, 0.3) is 0 Å². The fourth-order valence-corrected chi connectivity index (χ4v) is 3.74.